The molecule has 0 aromatic carbocycles. The Morgan fingerprint density at radius 1 is 1.60 bits per heavy atom. The van der Waals surface area contributed by atoms with Gasteiger partial charge in [0.1, 0.15) is 0 Å². The van der Waals surface area contributed by atoms with Crippen molar-refractivity contribution in [3.63, 3.8) is 0 Å². The number of nitrogens with one attached hydrogen (secondary N) is 2. The molecular weight excluding hydrogens is 264 g/mol. The molecule has 0 saturated heterocycles. The second-order valence-electron chi connectivity index (χ2n) is 3.38. The highest BCUT2D eigenvalue weighted by Crippen LogP contribution is 1.98. The molecule has 1 amide bonds. The van der Waals surface area contributed by atoms with Gasteiger partial charge in [0.2, 0.25) is 6.61 Å². The molecule has 0 fully saturated rings. The van der Waals surface area contributed by atoms with Gasteiger partial charge in [0.15, 0.2) is 5.71 Å². The van der Waals surface area contributed by atoms with E-state index in [0.717, 1.165) is 0 Å². The summed E-state index contributed by atoms with van der Waals surface area (Å²) in [6.45, 7) is 1.56. The molecule has 106 valence electrons. The number of carbonyl (C=O) groups is 2. The molecule has 0 radical (unpaired) electrons. The van der Waals surface area contributed by atoms with Crippen LogP contribution in [0.5, 0.6) is 0 Å². The molecule has 0 aliphatic carbocycles. The van der Waals surface area contributed by atoms with Crippen molar-refractivity contribution in [3.05, 3.63) is 18.0 Å². The van der Waals surface area contributed by atoms with Gasteiger partial charge >= 0.3 is 5.97 Å². The predicted octanol–water partition coefficient (Wildman–Crippen LogP) is -0.557. The Balaban J connectivity index is 2.71. The van der Waals surface area contributed by atoms with Crippen LogP contribution in [0.25, 0.3) is 0 Å². The lowest BCUT2D eigenvalue weighted by atomic mass is 10.2. The van der Waals surface area contributed by atoms with Crippen LogP contribution in [-0.2, 0) is 19.2 Å². The highest BCUT2D eigenvalue weighted by molar-refractivity contribution is 6.44. The number of rotatable bonds is 7. The summed E-state index contributed by atoms with van der Waals surface area (Å²) in [5.41, 5.74) is 0.269. The molecule has 0 unspecified atom stereocenters. The van der Waals surface area contributed by atoms with Crippen LogP contribution in [0.3, 0.4) is 0 Å². The van der Waals surface area contributed by atoms with Crippen LogP contribution in [0.2, 0.25) is 0 Å². The zero-order valence-electron chi connectivity index (χ0n) is 10.9. The summed E-state index contributed by atoms with van der Waals surface area (Å²) in [4.78, 5) is 27.7. The van der Waals surface area contributed by atoms with Crippen molar-refractivity contribution in [3.8, 4) is 12.3 Å². The quantitative estimate of drug-likeness (QED) is 0.301. The first-order chi connectivity index (χ1) is 9.69. The molecule has 20 heavy (non-hydrogen) atoms. The number of aromatic amines is 1. The van der Waals surface area contributed by atoms with Crippen LogP contribution in [0.1, 0.15) is 12.6 Å². The zero-order chi connectivity index (χ0) is 14.8. The third kappa shape index (κ3) is 4.81. The summed E-state index contributed by atoms with van der Waals surface area (Å²) in [5, 5.41) is 12.3. The van der Waals surface area contributed by atoms with Crippen molar-refractivity contribution in [2.24, 2.45) is 5.16 Å². The van der Waals surface area contributed by atoms with Crippen LogP contribution in [0.15, 0.2) is 17.4 Å². The van der Waals surface area contributed by atoms with E-state index in [9.17, 15) is 9.59 Å². The normalized spacial score (nSPS) is 10.5. The molecule has 1 rings (SSSR count). The van der Waals surface area contributed by atoms with Gasteiger partial charge in [-0.25, -0.2) is 4.79 Å². The summed E-state index contributed by atoms with van der Waals surface area (Å²) < 4.78 is 4.66. The number of hydrogen-bond acceptors (Lipinski definition) is 6. The molecule has 8 heteroatoms. The first-order valence-corrected chi connectivity index (χ1v) is 5.76. The number of esters is 1. The smallest absolute Gasteiger partial charge is 0.347 e. The minimum absolute atomic E-state index is 0.0455. The number of ether oxygens (including phenoxy) is 1. The van der Waals surface area contributed by atoms with Crippen molar-refractivity contribution >= 4 is 17.6 Å². The van der Waals surface area contributed by atoms with Crippen LogP contribution in [-0.4, -0.2) is 47.5 Å². The Hall–Kier alpha value is -2.82. The summed E-state index contributed by atoms with van der Waals surface area (Å²) in [5.74, 6) is 1.14. The largest absolute Gasteiger partial charge is 0.463 e. The van der Waals surface area contributed by atoms with Gasteiger partial charge in [-0.3, -0.25) is 9.89 Å². The van der Waals surface area contributed by atoms with Crippen LogP contribution < -0.4 is 5.32 Å². The van der Waals surface area contributed by atoms with Gasteiger partial charge in [0.25, 0.3) is 5.91 Å². The fourth-order valence-electron chi connectivity index (χ4n) is 1.17. The molecule has 0 aliphatic rings. The van der Waals surface area contributed by atoms with E-state index in [1.807, 2.05) is 0 Å². The number of H-pyrrole nitrogens is 1. The molecule has 2 N–H and O–H groups in total. The maximum atomic E-state index is 11.8. The fourth-order valence-corrected chi connectivity index (χ4v) is 1.17. The SMILES string of the molecule is C#CCNC(=O)/C(=N\OCC(=O)OCC)c1ccn[nH]1. The molecule has 0 spiro atoms. The van der Waals surface area contributed by atoms with E-state index < -0.39 is 18.5 Å². The topological polar surface area (TPSA) is 106 Å². The molecule has 0 bridgehead atoms. The number of amides is 1. The first-order valence-electron chi connectivity index (χ1n) is 5.76. The summed E-state index contributed by atoms with van der Waals surface area (Å²) in [6.07, 6.45) is 6.50. The lowest BCUT2D eigenvalue weighted by molar-refractivity contribution is -0.148. The van der Waals surface area contributed by atoms with Gasteiger partial charge in [-0.15, -0.1) is 6.42 Å². The predicted molar refractivity (Wildman–Crippen MR) is 69.6 cm³/mol. The highest BCUT2D eigenvalue weighted by Gasteiger charge is 2.16. The van der Waals surface area contributed by atoms with Crippen molar-refractivity contribution in [1.29, 1.82) is 0 Å². The Bertz CT molecular complexity index is 516. The van der Waals surface area contributed by atoms with Gasteiger partial charge in [-0.2, -0.15) is 5.10 Å². The Labute approximate surface area is 115 Å². The van der Waals surface area contributed by atoms with Crippen molar-refractivity contribution in [2.75, 3.05) is 19.8 Å². The molecule has 0 atom stereocenters. The summed E-state index contributed by atoms with van der Waals surface area (Å²) >= 11 is 0. The average molecular weight is 278 g/mol. The molecule has 0 aliphatic heterocycles. The Kier molecular flexibility index (Phi) is 6.33. The van der Waals surface area contributed by atoms with E-state index >= 15 is 0 Å². The van der Waals surface area contributed by atoms with E-state index in [-0.39, 0.29) is 18.9 Å². The third-order valence-corrected chi connectivity index (χ3v) is 1.97. The number of nitrogens with zero attached hydrogens (tertiary/aromatic N) is 2. The lowest BCUT2D eigenvalue weighted by Gasteiger charge is -2.04. The van der Waals surface area contributed by atoms with E-state index in [1.165, 1.54) is 12.3 Å². The monoisotopic (exact) mass is 278 g/mol. The van der Waals surface area contributed by atoms with Gasteiger partial charge in [-0.05, 0) is 13.0 Å². The van der Waals surface area contributed by atoms with Gasteiger partial charge < -0.3 is 14.9 Å². The maximum absolute atomic E-state index is 11.8. The maximum Gasteiger partial charge on any atom is 0.347 e. The molecule has 1 heterocycles. The number of carbonyl (C=O) groups excluding carboxylic acids is 2. The molecule has 8 nitrogen and oxygen atoms in total. The number of hydrogen-bond donors (Lipinski definition) is 2. The van der Waals surface area contributed by atoms with Crippen molar-refractivity contribution in [1.82, 2.24) is 15.5 Å². The first kappa shape index (κ1) is 15.2. The third-order valence-electron chi connectivity index (χ3n) is 1.97. The Morgan fingerprint density at radius 2 is 2.40 bits per heavy atom. The van der Waals surface area contributed by atoms with Crippen LogP contribution in [0.4, 0.5) is 0 Å². The number of oxime groups is 1. The second-order valence-corrected chi connectivity index (χ2v) is 3.38. The van der Waals surface area contributed by atoms with Gasteiger partial charge in [0.05, 0.1) is 18.8 Å². The highest BCUT2D eigenvalue weighted by atomic mass is 16.7. The summed E-state index contributed by atoms with van der Waals surface area (Å²) in [6, 6.07) is 1.53. The molecular formula is C12H14N4O4. The average Bonchev–Trinajstić information content (AvgIpc) is 2.95. The van der Waals surface area contributed by atoms with E-state index in [2.05, 4.69) is 31.3 Å². The standard InChI is InChI=1S/C12H14N4O4/c1-3-6-13-12(18)11(9-5-7-14-15-9)16-20-8-10(17)19-4-2/h1,5,7H,4,6,8H2,2H3,(H,13,18)(H,14,15)/b16-11-. The van der Waals surface area contributed by atoms with E-state index in [4.69, 9.17) is 11.3 Å². The zero-order valence-corrected chi connectivity index (χ0v) is 10.9. The second kappa shape index (κ2) is 8.31. The van der Waals surface area contributed by atoms with Crippen LogP contribution >= 0.6 is 0 Å². The lowest BCUT2D eigenvalue weighted by Crippen LogP contribution is -2.32. The van der Waals surface area contributed by atoms with Crippen molar-refractivity contribution in [2.45, 2.75) is 6.92 Å². The minimum Gasteiger partial charge on any atom is -0.463 e. The van der Waals surface area contributed by atoms with E-state index in [0.29, 0.717) is 5.69 Å². The van der Waals surface area contributed by atoms with Crippen LogP contribution in [0, 0.1) is 12.3 Å². The minimum atomic E-state index is -0.579. The van der Waals surface area contributed by atoms with Crippen molar-refractivity contribution < 1.29 is 19.2 Å². The van der Waals surface area contributed by atoms with Gasteiger partial charge in [-0.1, -0.05) is 11.1 Å². The van der Waals surface area contributed by atoms with Gasteiger partial charge in [0, 0.05) is 6.20 Å². The molecule has 0 saturated carbocycles. The summed E-state index contributed by atoms with van der Waals surface area (Å²) in [7, 11) is 0. The Morgan fingerprint density at radius 3 is 3.00 bits per heavy atom. The fraction of sp³-hybridized carbons (Fsp3) is 0.333. The molecule has 1 aromatic heterocycles. The van der Waals surface area contributed by atoms with E-state index in [1.54, 1.807) is 6.92 Å². The molecule has 1 aromatic rings. The number of aromatic nitrogens is 2. The number of terminal acetylenes is 1.